The van der Waals surface area contributed by atoms with Crippen molar-refractivity contribution in [3.8, 4) is 5.75 Å². The molecule has 0 spiro atoms. The minimum atomic E-state index is -0.246. The number of anilines is 1. The fraction of sp³-hybridized carbons (Fsp3) is 0.417. The largest absolute Gasteiger partial charge is 0.492 e. The summed E-state index contributed by atoms with van der Waals surface area (Å²) in [6.45, 7) is 6.82. The molecule has 1 atom stereocenters. The molecule has 0 saturated carbocycles. The molecule has 2 aromatic carbocycles. The van der Waals surface area contributed by atoms with Crippen molar-refractivity contribution in [2.75, 3.05) is 11.9 Å². The van der Waals surface area contributed by atoms with Gasteiger partial charge < -0.3 is 15.4 Å². The lowest BCUT2D eigenvalue weighted by atomic mass is 10.1. The van der Waals surface area contributed by atoms with E-state index in [1.165, 1.54) is 12.8 Å². The van der Waals surface area contributed by atoms with Crippen molar-refractivity contribution in [1.82, 2.24) is 5.32 Å². The Morgan fingerprint density at radius 2 is 1.77 bits per heavy atom. The predicted octanol–water partition coefficient (Wildman–Crippen LogP) is 6.19. The maximum atomic E-state index is 12.6. The molecule has 0 aliphatic rings. The molecule has 2 N–H and O–H groups in total. The Labute approximate surface area is 187 Å². The normalized spacial score (nSPS) is 11.6. The Morgan fingerprint density at radius 1 is 1.00 bits per heavy atom. The molecule has 162 valence electrons. The van der Waals surface area contributed by atoms with Crippen molar-refractivity contribution >= 4 is 33.4 Å². The van der Waals surface area contributed by atoms with Gasteiger partial charge in [-0.1, -0.05) is 39.2 Å². The van der Waals surface area contributed by atoms with Crippen LogP contribution in [0.25, 0.3) is 0 Å². The first kappa shape index (κ1) is 23.9. The van der Waals surface area contributed by atoms with Crippen molar-refractivity contribution in [1.29, 1.82) is 0 Å². The summed E-state index contributed by atoms with van der Waals surface area (Å²) in [5.74, 6) is 0.333. The number of ether oxygens (including phenoxy) is 1. The second-order valence-electron chi connectivity index (χ2n) is 7.37. The van der Waals surface area contributed by atoms with Crippen LogP contribution in [0.4, 0.5) is 5.69 Å². The second-order valence-corrected chi connectivity index (χ2v) is 8.23. The zero-order valence-corrected chi connectivity index (χ0v) is 19.6. The Bertz CT molecular complexity index is 854. The van der Waals surface area contributed by atoms with E-state index in [0.717, 1.165) is 29.5 Å². The molecule has 0 aromatic heterocycles. The molecule has 0 aliphatic carbocycles. The van der Waals surface area contributed by atoms with Gasteiger partial charge >= 0.3 is 0 Å². The van der Waals surface area contributed by atoms with Gasteiger partial charge in [0, 0.05) is 22.9 Å². The van der Waals surface area contributed by atoms with Gasteiger partial charge in [0.1, 0.15) is 5.75 Å². The number of benzene rings is 2. The third-order valence-electron chi connectivity index (χ3n) is 4.82. The van der Waals surface area contributed by atoms with E-state index in [1.54, 1.807) is 42.5 Å². The average Bonchev–Trinajstić information content (AvgIpc) is 2.74. The number of carbonyl (C=O) groups is 2. The summed E-state index contributed by atoms with van der Waals surface area (Å²) in [5, 5.41) is 5.78. The number of hydrogen-bond acceptors (Lipinski definition) is 3. The summed E-state index contributed by atoms with van der Waals surface area (Å²) in [4.78, 5) is 24.9. The van der Waals surface area contributed by atoms with Gasteiger partial charge in [-0.25, -0.2) is 0 Å². The van der Waals surface area contributed by atoms with Gasteiger partial charge in [-0.15, -0.1) is 0 Å². The molecule has 5 nitrogen and oxygen atoms in total. The molecular formula is C24H31BrN2O3. The third kappa shape index (κ3) is 7.48. The first-order valence-corrected chi connectivity index (χ1v) is 11.4. The summed E-state index contributed by atoms with van der Waals surface area (Å²) in [7, 11) is 0. The van der Waals surface area contributed by atoms with Crippen LogP contribution in [0, 0.1) is 0 Å². The van der Waals surface area contributed by atoms with Gasteiger partial charge in [0.15, 0.2) is 0 Å². The molecule has 2 amide bonds. The number of nitrogens with one attached hydrogen (secondary N) is 2. The van der Waals surface area contributed by atoms with Crippen molar-refractivity contribution in [2.24, 2.45) is 0 Å². The van der Waals surface area contributed by atoms with Gasteiger partial charge in [-0.2, -0.15) is 0 Å². The molecule has 0 fully saturated rings. The molecule has 0 heterocycles. The lowest BCUT2D eigenvalue weighted by molar-refractivity contribution is 0.0938. The molecule has 0 aliphatic heterocycles. The number of carbonyl (C=O) groups excluding carboxylic acids is 2. The van der Waals surface area contributed by atoms with Crippen LogP contribution in [0.3, 0.4) is 0 Å². The maximum Gasteiger partial charge on any atom is 0.255 e. The Kier molecular flexibility index (Phi) is 9.87. The Balaban J connectivity index is 1.98. The number of amides is 2. The second kappa shape index (κ2) is 12.4. The third-order valence-corrected chi connectivity index (χ3v) is 5.44. The van der Waals surface area contributed by atoms with E-state index in [-0.39, 0.29) is 17.9 Å². The summed E-state index contributed by atoms with van der Waals surface area (Å²) in [5.41, 5.74) is 1.60. The quantitative estimate of drug-likeness (QED) is 0.381. The number of unbranched alkanes of at least 4 members (excludes halogenated alkanes) is 3. The molecule has 6 heteroatoms. The van der Waals surface area contributed by atoms with Crippen LogP contribution in [-0.2, 0) is 0 Å². The summed E-state index contributed by atoms with van der Waals surface area (Å²) >= 11 is 3.49. The molecular weight excluding hydrogens is 444 g/mol. The zero-order valence-electron chi connectivity index (χ0n) is 18.0. The molecule has 2 aromatic rings. The lowest BCUT2D eigenvalue weighted by Crippen LogP contribution is -2.31. The molecule has 1 unspecified atom stereocenters. The van der Waals surface area contributed by atoms with Crippen LogP contribution in [0.15, 0.2) is 46.9 Å². The summed E-state index contributed by atoms with van der Waals surface area (Å²) in [6.07, 6.45) is 5.44. The van der Waals surface area contributed by atoms with E-state index in [1.807, 2.05) is 13.8 Å². The fourth-order valence-corrected chi connectivity index (χ4v) is 3.31. The van der Waals surface area contributed by atoms with Crippen LogP contribution in [0.2, 0.25) is 0 Å². The molecule has 0 bridgehead atoms. The monoisotopic (exact) mass is 474 g/mol. The van der Waals surface area contributed by atoms with Gasteiger partial charge in [0.2, 0.25) is 0 Å². The number of rotatable bonds is 11. The minimum Gasteiger partial charge on any atom is -0.492 e. The van der Waals surface area contributed by atoms with E-state index in [0.29, 0.717) is 23.4 Å². The first-order chi connectivity index (χ1) is 14.4. The summed E-state index contributed by atoms with van der Waals surface area (Å²) < 4.78 is 6.54. The van der Waals surface area contributed by atoms with E-state index >= 15 is 0 Å². The van der Waals surface area contributed by atoms with E-state index in [2.05, 4.69) is 33.5 Å². The van der Waals surface area contributed by atoms with E-state index in [9.17, 15) is 9.59 Å². The maximum absolute atomic E-state index is 12.6. The van der Waals surface area contributed by atoms with Gasteiger partial charge in [-0.05, 0) is 72.1 Å². The topological polar surface area (TPSA) is 67.4 Å². The smallest absolute Gasteiger partial charge is 0.255 e. The van der Waals surface area contributed by atoms with Crippen LogP contribution in [0.5, 0.6) is 5.75 Å². The first-order valence-electron chi connectivity index (χ1n) is 10.6. The Hall–Kier alpha value is -2.34. The SMILES string of the molecule is CCCCCCOc1ccc(C(=O)Nc2cccc(C(=O)NC(C)CC)c2)cc1Br. The van der Waals surface area contributed by atoms with Gasteiger partial charge in [0.05, 0.1) is 11.1 Å². The highest BCUT2D eigenvalue weighted by molar-refractivity contribution is 9.10. The summed E-state index contributed by atoms with van der Waals surface area (Å²) in [6, 6.07) is 12.3. The van der Waals surface area contributed by atoms with Crippen LogP contribution in [-0.4, -0.2) is 24.5 Å². The van der Waals surface area contributed by atoms with E-state index < -0.39 is 0 Å². The molecule has 0 saturated heterocycles. The van der Waals surface area contributed by atoms with Crippen molar-refractivity contribution in [3.05, 3.63) is 58.1 Å². The molecule has 2 rings (SSSR count). The standard InChI is InChI=1S/C24H31BrN2O3/c1-4-6-7-8-14-30-22-13-12-19(16-21(22)25)24(29)27-20-11-9-10-18(15-20)23(28)26-17(3)5-2/h9-13,15-17H,4-8,14H2,1-3H3,(H,26,28)(H,27,29). The fourth-order valence-electron chi connectivity index (χ4n) is 2.82. The molecule has 0 radical (unpaired) electrons. The molecule has 30 heavy (non-hydrogen) atoms. The van der Waals surface area contributed by atoms with Gasteiger partial charge in [0.25, 0.3) is 11.8 Å². The van der Waals surface area contributed by atoms with Crippen LogP contribution < -0.4 is 15.4 Å². The van der Waals surface area contributed by atoms with Gasteiger partial charge in [-0.3, -0.25) is 9.59 Å². The average molecular weight is 475 g/mol. The number of halogens is 1. The highest BCUT2D eigenvalue weighted by Crippen LogP contribution is 2.27. The van der Waals surface area contributed by atoms with Crippen LogP contribution >= 0.6 is 15.9 Å². The van der Waals surface area contributed by atoms with E-state index in [4.69, 9.17) is 4.74 Å². The van der Waals surface area contributed by atoms with Crippen molar-refractivity contribution < 1.29 is 14.3 Å². The van der Waals surface area contributed by atoms with Crippen LogP contribution in [0.1, 0.15) is 73.6 Å². The van der Waals surface area contributed by atoms with Crippen molar-refractivity contribution in [3.63, 3.8) is 0 Å². The highest BCUT2D eigenvalue weighted by atomic mass is 79.9. The zero-order chi connectivity index (χ0) is 21.9. The number of hydrogen-bond donors (Lipinski definition) is 2. The highest BCUT2D eigenvalue weighted by Gasteiger charge is 2.12. The van der Waals surface area contributed by atoms with Crippen molar-refractivity contribution in [2.45, 2.75) is 58.9 Å². The lowest BCUT2D eigenvalue weighted by Gasteiger charge is -2.13. The minimum absolute atomic E-state index is 0.0977. The predicted molar refractivity (Wildman–Crippen MR) is 125 cm³/mol. The Morgan fingerprint density at radius 3 is 2.47 bits per heavy atom.